The summed E-state index contributed by atoms with van der Waals surface area (Å²) in [6.45, 7) is 0. The van der Waals surface area contributed by atoms with E-state index in [4.69, 9.17) is 0 Å². The largest absolute Gasteiger partial charge is 0.404 e. The summed E-state index contributed by atoms with van der Waals surface area (Å²) in [6.07, 6.45) is 0.156. The minimum absolute atomic E-state index is 0.0725. The summed E-state index contributed by atoms with van der Waals surface area (Å²) in [6, 6.07) is 13.7. The lowest BCUT2D eigenvalue weighted by molar-refractivity contribution is -0.329. The molecule has 0 fully saturated rings. The first kappa shape index (κ1) is 12.0. The molecule has 0 radical (unpaired) electrons. The summed E-state index contributed by atoms with van der Waals surface area (Å²) in [5, 5.41) is 0. The van der Waals surface area contributed by atoms with Gasteiger partial charge in [-0.2, -0.15) is 4.57 Å². The zero-order valence-electron chi connectivity index (χ0n) is 11.0. The first-order valence-electron chi connectivity index (χ1n) is 6.62. The van der Waals surface area contributed by atoms with E-state index in [0.29, 0.717) is 17.2 Å². The van der Waals surface area contributed by atoms with Gasteiger partial charge in [-0.05, 0) is 24.3 Å². The number of carbonyl (C=O) groups is 1. The van der Waals surface area contributed by atoms with Gasteiger partial charge in [-0.1, -0.05) is 29.3 Å². The van der Waals surface area contributed by atoms with E-state index in [9.17, 15) is 9.18 Å². The van der Waals surface area contributed by atoms with Crippen molar-refractivity contribution in [2.75, 3.05) is 0 Å². The fourth-order valence-electron chi connectivity index (χ4n) is 2.62. The number of aliphatic imine (C=N–C) groups is 1. The normalized spacial score (nSPS) is 14.1. The maximum atomic E-state index is 13.3. The highest BCUT2D eigenvalue weighted by molar-refractivity contribution is 6.15. The number of benzene rings is 2. The molecule has 0 saturated carbocycles. The van der Waals surface area contributed by atoms with Gasteiger partial charge in [0.05, 0.1) is 0 Å². The number of fused-ring (bicyclic) bond motifs is 3. The molecule has 0 amide bonds. The Morgan fingerprint density at radius 1 is 1.14 bits per heavy atom. The van der Waals surface area contributed by atoms with Gasteiger partial charge in [0.25, 0.3) is 5.91 Å². The molecule has 4 rings (SSSR count). The fourth-order valence-corrected chi connectivity index (χ4v) is 2.62. The summed E-state index contributed by atoms with van der Waals surface area (Å²) in [4.78, 5) is 20.0. The maximum absolute atomic E-state index is 13.3. The number of nitrogens with zero attached hydrogens (tertiary/aromatic N) is 2. The van der Waals surface area contributed by atoms with Gasteiger partial charge in [-0.25, -0.2) is 9.37 Å². The number of hydrogen-bond acceptors (Lipinski definition) is 2. The number of nitrogens with one attached hydrogen (secondary N) is 1. The van der Waals surface area contributed by atoms with Crippen LogP contribution in [-0.2, 0) is 0 Å². The second kappa shape index (κ2) is 4.34. The second-order valence-electron chi connectivity index (χ2n) is 4.94. The Morgan fingerprint density at radius 3 is 2.86 bits per heavy atom. The van der Waals surface area contributed by atoms with Crippen molar-refractivity contribution in [2.45, 2.75) is 6.42 Å². The van der Waals surface area contributed by atoms with E-state index < -0.39 is 0 Å². The van der Waals surface area contributed by atoms with Gasteiger partial charge in [0.1, 0.15) is 29.0 Å². The molecule has 5 heteroatoms. The Hall–Kier alpha value is -2.82. The smallest absolute Gasteiger partial charge is 0.255 e. The molecule has 0 aliphatic carbocycles. The van der Waals surface area contributed by atoms with Gasteiger partial charge in [-0.3, -0.25) is 4.79 Å². The molecule has 2 heterocycles. The summed E-state index contributed by atoms with van der Waals surface area (Å²) in [5.41, 5.74) is 2.86. The molecule has 3 aromatic rings. The Bertz CT molecular complexity index is 911. The van der Waals surface area contributed by atoms with Gasteiger partial charge < -0.3 is 0 Å². The zero-order chi connectivity index (χ0) is 14.4. The molecule has 21 heavy (non-hydrogen) atoms. The monoisotopic (exact) mass is 280 g/mol. The van der Waals surface area contributed by atoms with Crippen LogP contribution in [0, 0.1) is 5.82 Å². The van der Waals surface area contributed by atoms with Crippen LogP contribution < -0.4 is 4.98 Å². The molecule has 1 aromatic heterocycles. The summed E-state index contributed by atoms with van der Waals surface area (Å²) in [5.74, 6) is 0.0705. The number of imidazole rings is 1. The highest BCUT2D eigenvalue weighted by Gasteiger charge is 2.31. The van der Waals surface area contributed by atoms with Crippen molar-refractivity contribution in [3.63, 3.8) is 0 Å². The molecule has 0 saturated heterocycles. The molecule has 0 bridgehead atoms. The molecule has 0 atom stereocenters. The Labute approximate surface area is 119 Å². The number of aromatic amines is 1. The highest BCUT2D eigenvalue weighted by Crippen LogP contribution is 2.24. The van der Waals surface area contributed by atoms with E-state index in [0.717, 1.165) is 11.0 Å². The van der Waals surface area contributed by atoms with Crippen molar-refractivity contribution in [3.8, 4) is 0 Å². The van der Waals surface area contributed by atoms with E-state index in [2.05, 4.69) is 9.98 Å². The molecule has 1 aliphatic heterocycles. The molecule has 1 N–H and O–H groups in total. The summed E-state index contributed by atoms with van der Waals surface area (Å²) >= 11 is 0. The Balaban J connectivity index is 1.92. The lowest BCUT2D eigenvalue weighted by atomic mass is 10.1. The van der Waals surface area contributed by atoms with Gasteiger partial charge >= 0.3 is 5.95 Å². The van der Waals surface area contributed by atoms with E-state index in [1.807, 2.05) is 24.3 Å². The zero-order valence-corrected chi connectivity index (χ0v) is 11.0. The Kier molecular flexibility index (Phi) is 2.47. The predicted octanol–water partition coefficient (Wildman–Crippen LogP) is 2.76. The molecule has 4 nitrogen and oxygen atoms in total. The van der Waals surface area contributed by atoms with Gasteiger partial charge in [0.15, 0.2) is 0 Å². The number of aromatic nitrogens is 2. The van der Waals surface area contributed by atoms with Crippen molar-refractivity contribution in [1.29, 1.82) is 0 Å². The Morgan fingerprint density at radius 2 is 2.00 bits per heavy atom. The van der Waals surface area contributed by atoms with E-state index in [1.165, 1.54) is 12.1 Å². The van der Waals surface area contributed by atoms with Crippen LogP contribution >= 0.6 is 0 Å². The predicted molar refractivity (Wildman–Crippen MR) is 76.3 cm³/mol. The number of para-hydroxylation sites is 2. The maximum Gasteiger partial charge on any atom is 0.404 e. The third-order valence-electron chi connectivity index (χ3n) is 3.57. The third kappa shape index (κ3) is 1.86. The van der Waals surface area contributed by atoms with E-state index in [-0.39, 0.29) is 18.1 Å². The van der Waals surface area contributed by atoms with Crippen LogP contribution in [0.1, 0.15) is 16.8 Å². The van der Waals surface area contributed by atoms with Gasteiger partial charge in [0, 0.05) is 5.56 Å². The molecule has 0 spiro atoms. The van der Waals surface area contributed by atoms with Crippen LogP contribution in [0.2, 0.25) is 0 Å². The van der Waals surface area contributed by atoms with Crippen molar-refractivity contribution in [2.24, 2.45) is 4.99 Å². The lowest BCUT2D eigenvalue weighted by Crippen LogP contribution is -2.22. The average Bonchev–Trinajstić information content (AvgIpc) is 2.86. The first-order chi connectivity index (χ1) is 10.2. The van der Waals surface area contributed by atoms with Crippen molar-refractivity contribution >= 4 is 28.6 Å². The average molecular weight is 280 g/mol. The van der Waals surface area contributed by atoms with Crippen molar-refractivity contribution in [3.05, 3.63) is 59.9 Å². The highest BCUT2D eigenvalue weighted by atomic mass is 19.1. The molecular weight excluding hydrogens is 269 g/mol. The van der Waals surface area contributed by atoms with Crippen LogP contribution in [-0.4, -0.2) is 16.2 Å². The van der Waals surface area contributed by atoms with E-state index >= 15 is 0 Å². The molecule has 2 aromatic carbocycles. The number of rotatable bonds is 1. The standard InChI is InChI=1S/C16H10FN3O/c17-11-5-3-4-10(8-11)13-9-15(21)20-14-7-2-1-6-12(14)18-16(20)19-13/h1-8H,9H2/p+1. The summed E-state index contributed by atoms with van der Waals surface area (Å²) in [7, 11) is 0. The quantitative estimate of drug-likeness (QED) is 0.676. The van der Waals surface area contributed by atoms with E-state index in [1.54, 1.807) is 16.7 Å². The fraction of sp³-hybridized carbons (Fsp3) is 0.0625. The van der Waals surface area contributed by atoms with Crippen molar-refractivity contribution in [1.82, 2.24) is 4.57 Å². The molecule has 0 unspecified atom stereocenters. The molecule has 1 aliphatic rings. The van der Waals surface area contributed by atoms with Crippen LogP contribution in [0.4, 0.5) is 10.3 Å². The van der Waals surface area contributed by atoms with Gasteiger partial charge in [0.2, 0.25) is 0 Å². The molecule has 102 valence electrons. The molecular formula is C16H11FN3O+. The topological polar surface area (TPSA) is 48.5 Å². The number of carbonyl (C=O) groups excluding carboxylic acids is 1. The lowest BCUT2D eigenvalue weighted by Gasteiger charge is -2.07. The SMILES string of the molecule is O=C1CC(c2cccc(F)c2)=Nc2[nH+]c3ccccc3n21. The second-order valence-corrected chi connectivity index (χ2v) is 4.94. The number of halogens is 1. The van der Waals surface area contributed by atoms with Gasteiger partial charge in [-0.15, -0.1) is 0 Å². The van der Waals surface area contributed by atoms with Crippen molar-refractivity contribution < 1.29 is 14.2 Å². The third-order valence-corrected chi connectivity index (χ3v) is 3.57. The minimum Gasteiger partial charge on any atom is -0.255 e. The summed E-state index contributed by atoms with van der Waals surface area (Å²) < 4.78 is 14.9. The van der Waals surface area contributed by atoms with Crippen LogP contribution in [0.5, 0.6) is 0 Å². The van der Waals surface area contributed by atoms with Crippen LogP contribution in [0.15, 0.2) is 53.5 Å². The van der Waals surface area contributed by atoms with Crippen LogP contribution in [0.25, 0.3) is 11.0 Å². The van der Waals surface area contributed by atoms with Crippen LogP contribution in [0.3, 0.4) is 0 Å². The first-order valence-corrected chi connectivity index (χ1v) is 6.62. The number of H-pyrrole nitrogens is 1. The minimum atomic E-state index is -0.335. The number of hydrogen-bond donors (Lipinski definition) is 0.